The molecule has 2 heteroatoms. The van der Waals surface area contributed by atoms with E-state index in [4.69, 9.17) is 4.74 Å². The SMILES string of the molecule is C=COC(=O)C1(c2ccccc2)CCCCC1. The summed E-state index contributed by atoms with van der Waals surface area (Å²) < 4.78 is 5.06. The zero-order valence-electron chi connectivity index (χ0n) is 10.0. The fourth-order valence-electron chi connectivity index (χ4n) is 2.71. The molecular weight excluding hydrogens is 212 g/mol. The topological polar surface area (TPSA) is 26.3 Å². The second-order valence-corrected chi connectivity index (χ2v) is 4.58. The standard InChI is InChI=1S/C15H18O2/c1-2-17-14(16)15(11-7-4-8-12-15)13-9-5-3-6-10-13/h2-3,5-6,9-10H,1,4,7-8,11-12H2. The zero-order chi connectivity index (χ0) is 12.1. The highest BCUT2D eigenvalue weighted by Gasteiger charge is 2.42. The summed E-state index contributed by atoms with van der Waals surface area (Å²) in [6.45, 7) is 3.48. The van der Waals surface area contributed by atoms with Crippen molar-refractivity contribution in [2.24, 2.45) is 0 Å². The van der Waals surface area contributed by atoms with Crippen molar-refractivity contribution >= 4 is 5.97 Å². The first-order chi connectivity index (χ1) is 8.29. The van der Waals surface area contributed by atoms with Crippen LogP contribution in [0.15, 0.2) is 43.2 Å². The van der Waals surface area contributed by atoms with E-state index in [0.29, 0.717) is 0 Å². The predicted octanol–water partition coefficient (Wildman–Crippen LogP) is 3.58. The normalized spacial score (nSPS) is 18.4. The molecule has 1 aliphatic carbocycles. The van der Waals surface area contributed by atoms with Gasteiger partial charge in [0, 0.05) is 0 Å². The van der Waals surface area contributed by atoms with E-state index < -0.39 is 5.41 Å². The zero-order valence-corrected chi connectivity index (χ0v) is 10.0. The molecule has 1 aliphatic rings. The molecule has 0 amide bonds. The van der Waals surface area contributed by atoms with Crippen molar-refractivity contribution in [3.63, 3.8) is 0 Å². The maximum atomic E-state index is 12.2. The quantitative estimate of drug-likeness (QED) is 0.586. The van der Waals surface area contributed by atoms with Crippen molar-refractivity contribution in [1.82, 2.24) is 0 Å². The largest absolute Gasteiger partial charge is 0.434 e. The first-order valence-electron chi connectivity index (χ1n) is 6.17. The van der Waals surface area contributed by atoms with Crippen LogP contribution >= 0.6 is 0 Å². The Morgan fingerprint density at radius 3 is 2.41 bits per heavy atom. The molecule has 90 valence electrons. The van der Waals surface area contributed by atoms with Crippen molar-refractivity contribution < 1.29 is 9.53 Å². The van der Waals surface area contributed by atoms with Gasteiger partial charge in [-0.3, -0.25) is 4.79 Å². The Morgan fingerprint density at radius 1 is 1.18 bits per heavy atom. The minimum Gasteiger partial charge on any atom is -0.434 e. The van der Waals surface area contributed by atoms with Crippen LogP contribution < -0.4 is 0 Å². The number of esters is 1. The minimum atomic E-state index is -0.451. The number of ether oxygens (including phenoxy) is 1. The van der Waals surface area contributed by atoms with Crippen LogP contribution in [0.25, 0.3) is 0 Å². The molecule has 0 spiro atoms. The predicted molar refractivity (Wildman–Crippen MR) is 67.5 cm³/mol. The molecule has 1 saturated carbocycles. The average Bonchev–Trinajstić information content (AvgIpc) is 2.41. The van der Waals surface area contributed by atoms with E-state index >= 15 is 0 Å². The van der Waals surface area contributed by atoms with Crippen molar-refractivity contribution in [2.45, 2.75) is 37.5 Å². The van der Waals surface area contributed by atoms with Gasteiger partial charge in [0.25, 0.3) is 0 Å². The van der Waals surface area contributed by atoms with Gasteiger partial charge in [0.05, 0.1) is 11.7 Å². The summed E-state index contributed by atoms with van der Waals surface area (Å²) in [5.74, 6) is -0.154. The average molecular weight is 230 g/mol. The molecule has 0 aliphatic heterocycles. The Bertz CT molecular complexity index is 389. The highest BCUT2D eigenvalue weighted by Crippen LogP contribution is 2.40. The molecule has 17 heavy (non-hydrogen) atoms. The summed E-state index contributed by atoms with van der Waals surface area (Å²) >= 11 is 0. The molecule has 2 nitrogen and oxygen atoms in total. The molecule has 0 atom stereocenters. The summed E-state index contributed by atoms with van der Waals surface area (Å²) in [6, 6.07) is 9.98. The summed E-state index contributed by atoms with van der Waals surface area (Å²) in [6.07, 6.45) is 6.37. The lowest BCUT2D eigenvalue weighted by atomic mass is 9.69. The molecule has 2 rings (SSSR count). The molecular formula is C15H18O2. The van der Waals surface area contributed by atoms with Gasteiger partial charge in [0.1, 0.15) is 0 Å². The third-order valence-electron chi connectivity index (χ3n) is 3.61. The number of benzene rings is 1. The second kappa shape index (κ2) is 5.17. The third kappa shape index (κ3) is 2.26. The molecule has 0 heterocycles. The molecule has 0 saturated heterocycles. The molecule has 0 N–H and O–H groups in total. The van der Waals surface area contributed by atoms with Gasteiger partial charge in [-0.15, -0.1) is 0 Å². The number of carbonyl (C=O) groups excluding carboxylic acids is 1. The van der Waals surface area contributed by atoms with Crippen LogP contribution in [0.1, 0.15) is 37.7 Å². The van der Waals surface area contributed by atoms with Crippen LogP contribution in [-0.2, 0) is 14.9 Å². The van der Waals surface area contributed by atoms with Gasteiger partial charge in [0.2, 0.25) is 0 Å². The fourth-order valence-corrected chi connectivity index (χ4v) is 2.71. The maximum absolute atomic E-state index is 12.2. The van der Waals surface area contributed by atoms with Crippen LogP contribution in [0.4, 0.5) is 0 Å². The first-order valence-corrected chi connectivity index (χ1v) is 6.17. The van der Waals surface area contributed by atoms with Crippen molar-refractivity contribution in [2.75, 3.05) is 0 Å². The molecule has 1 aromatic carbocycles. The van der Waals surface area contributed by atoms with Gasteiger partial charge in [-0.2, -0.15) is 0 Å². The smallest absolute Gasteiger partial charge is 0.321 e. The molecule has 0 unspecified atom stereocenters. The fraction of sp³-hybridized carbons (Fsp3) is 0.400. The first kappa shape index (κ1) is 11.9. The van der Waals surface area contributed by atoms with E-state index in [9.17, 15) is 4.79 Å². The number of hydrogen-bond acceptors (Lipinski definition) is 2. The maximum Gasteiger partial charge on any atom is 0.321 e. The van der Waals surface area contributed by atoms with Crippen LogP contribution in [0.3, 0.4) is 0 Å². The summed E-state index contributed by atoms with van der Waals surface area (Å²) in [7, 11) is 0. The number of carbonyl (C=O) groups is 1. The summed E-state index contributed by atoms with van der Waals surface area (Å²) in [5.41, 5.74) is 0.625. The van der Waals surface area contributed by atoms with Crippen LogP contribution in [0.5, 0.6) is 0 Å². The van der Waals surface area contributed by atoms with Gasteiger partial charge < -0.3 is 4.74 Å². The Kier molecular flexibility index (Phi) is 3.62. The van der Waals surface area contributed by atoms with E-state index in [1.807, 2.05) is 30.3 Å². The van der Waals surface area contributed by atoms with Gasteiger partial charge in [-0.1, -0.05) is 56.2 Å². The number of hydrogen-bond donors (Lipinski definition) is 0. The Hall–Kier alpha value is -1.57. The molecule has 1 aromatic rings. The van der Waals surface area contributed by atoms with Crippen molar-refractivity contribution in [1.29, 1.82) is 0 Å². The second-order valence-electron chi connectivity index (χ2n) is 4.58. The van der Waals surface area contributed by atoms with Crippen LogP contribution in [0, 0.1) is 0 Å². The van der Waals surface area contributed by atoms with Crippen molar-refractivity contribution in [3.05, 3.63) is 48.7 Å². The summed E-state index contributed by atoms with van der Waals surface area (Å²) in [5, 5.41) is 0. The Balaban J connectivity index is 2.36. The van der Waals surface area contributed by atoms with Gasteiger partial charge in [0.15, 0.2) is 0 Å². The van der Waals surface area contributed by atoms with E-state index in [1.165, 1.54) is 12.7 Å². The number of rotatable bonds is 3. The van der Waals surface area contributed by atoms with Gasteiger partial charge >= 0.3 is 5.97 Å². The highest BCUT2D eigenvalue weighted by atomic mass is 16.5. The monoisotopic (exact) mass is 230 g/mol. The summed E-state index contributed by atoms with van der Waals surface area (Å²) in [4.78, 5) is 12.2. The van der Waals surface area contributed by atoms with E-state index in [0.717, 1.165) is 31.2 Å². The van der Waals surface area contributed by atoms with Crippen LogP contribution in [-0.4, -0.2) is 5.97 Å². The Morgan fingerprint density at radius 2 is 1.82 bits per heavy atom. The van der Waals surface area contributed by atoms with E-state index in [-0.39, 0.29) is 5.97 Å². The molecule has 0 bridgehead atoms. The molecule has 1 fully saturated rings. The lowest BCUT2D eigenvalue weighted by Gasteiger charge is -2.34. The van der Waals surface area contributed by atoms with E-state index in [1.54, 1.807) is 0 Å². The lowest BCUT2D eigenvalue weighted by Crippen LogP contribution is -2.38. The minimum absolute atomic E-state index is 0.154. The van der Waals surface area contributed by atoms with Gasteiger partial charge in [-0.25, -0.2) is 0 Å². The van der Waals surface area contributed by atoms with Crippen LogP contribution in [0.2, 0.25) is 0 Å². The third-order valence-corrected chi connectivity index (χ3v) is 3.61. The van der Waals surface area contributed by atoms with E-state index in [2.05, 4.69) is 6.58 Å². The molecule has 0 radical (unpaired) electrons. The Labute approximate surface area is 102 Å². The van der Waals surface area contributed by atoms with Crippen molar-refractivity contribution in [3.8, 4) is 0 Å². The molecule has 0 aromatic heterocycles. The highest BCUT2D eigenvalue weighted by molar-refractivity contribution is 5.83. The van der Waals surface area contributed by atoms with Gasteiger partial charge in [-0.05, 0) is 18.4 Å². The lowest BCUT2D eigenvalue weighted by molar-refractivity contribution is -0.146.